The van der Waals surface area contributed by atoms with Crippen molar-refractivity contribution in [3.63, 3.8) is 0 Å². The fourth-order valence-corrected chi connectivity index (χ4v) is 1.47. The first-order valence-corrected chi connectivity index (χ1v) is 5.19. The molecule has 5 heteroatoms. The molecule has 1 aromatic heterocycles. The van der Waals surface area contributed by atoms with E-state index in [0.717, 1.165) is 11.6 Å². The van der Waals surface area contributed by atoms with Crippen LogP contribution in [0, 0.1) is 0 Å². The van der Waals surface area contributed by atoms with Gasteiger partial charge in [-0.1, -0.05) is 11.6 Å². The van der Waals surface area contributed by atoms with Gasteiger partial charge in [-0.15, -0.1) is 0 Å². The van der Waals surface area contributed by atoms with Crippen molar-refractivity contribution in [2.75, 3.05) is 5.73 Å². The zero-order chi connectivity index (χ0) is 11.5. The predicted octanol–water partition coefficient (Wildman–Crippen LogP) is 2.23. The molecule has 2 rings (SSSR count). The van der Waals surface area contributed by atoms with Gasteiger partial charge in [0.1, 0.15) is 24.0 Å². The van der Waals surface area contributed by atoms with E-state index < -0.39 is 0 Å². The molecular formula is C11H12ClN3O. The molecule has 0 aliphatic heterocycles. The maximum atomic E-state index is 5.77. The van der Waals surface area contributed by atoms with Crippen LogP contribution in [0.15, 0.2) is 30.5 Å². The van der Waals surface area contributed by atoms with Gasteiger partial charge in [-0.3, -0.25) is 0 Å². The number of nitrogen functional groups attached to an aromatic ring is 1. The number of hydrogen-bond acceptors (Lipinski definition) is 3. The maximum Gasteiger partial charge on any atom is 0.149 e. The number of aryl methyl sites for hydroxylation is 1. The van der Waals surface area contributed by atoms with Crippen molar-refractivity contribution >= 4 is 17.4 Å². The van der Waals surface area contributed by atoms with Crippen molar-refractivity contribution in [2.45, 2.75) is 6.61 Å². The Balaban J connectivity index is 2.02. The molecule has 16 heavy (non-hydrogen) atoms. The zero-order valence-electron chi connectivity index (χ0n) is 8.85. The normalized spacial score (nSPS) is 10.4. The second kappa shape index (κ2) is 4.45. The van der Waals surface area contributed by atoms with Crippen LogP contribution in [0.4, 0.5) is 5.82 Å². The van der Waals surface area contributed by atoms with Crippen LogP contribution in [0.2, 0.25) is 5.02 Å². The Morgan fingerprint density at radius 3 is 2.62 bits per heavy atom. The van der Waals surface area contributed by atoms with Gasteiger partial charge in [0.2, 0.25) is 0 Å². The Hall–Kier alpha value is -1.68. The Morgan fingerprint density at radius 2 is 2.06 bits per heavy atom. The topological polar surface area (TPSA) is 53.1 Å². The minimum Gasteiger partial charge on any atom is -0.486 e. The first-order valence-electron chi connectivity index (χ1n) is 4.81. The van der Waals surface area contributed by atoms with Crippen LogP contribution in [0.3, 0.4) is 0 Å². The van der Waals surface area contributed by atoms with Crippen molar-refractivity contribution < 1.29 is 4.74 Å². The third-order valence-corrected chi connectivity index (χ3v) is 2.42. The van der Waals surface area contributed by atoms with Gasteiger partial charge >= 0.3 is 0 Å². The molecule has 1 heterocycles. The number of imidazole rings is 1. The van der Waals surface area contributed by atoms with E-state index >= 15 is 0 Å². The van der Waals surface area contributed by atoms with Crippen LogP contribution < -0.4 is 10.5 Å². The molecule has 84 valence electrons. The Kier molecular flexibility index (Phi) is 3.01. The summed E-state index contributed by atoms with van der Waals surface area (Å²) in [6, 6.07) is 7.19. The Bertz CT molecular complexity index is 478. The standard InChI is InChI=1S/C11H12ClN3O/c1-15-6-10(13)14-11(15)7-16-9-4-2-8(12)3-5-9/h2-6H,7,13H2,1H3. The van der Waals surface area contributed by atoms with Crippen LogP contribution in [0.25, 0.3) is 0 Å². The molecule has 0 saturated carbocycles. The Morgan fingerprint density at radius 1 is 1.38 bits per heavy atom. The summed E-state index contributed by atoms with van der Waals surface area (Å²) in [5.41, 5.74) is 5.56. The number of rotatable bonds is 3. The molecule has 0 atom stereocenters. The fraction of sp³-hybridized carbons (Fsp3) is 0.182. The van der Waals surface area contributed by atoms with Crippen LogP contribution in [0.1, 0.15) is 5.82 Å². The fourth-order valence-electron chi connectivity index (χ4n) is 1.34. The minimum absolute atomic E-state index is 0.384. The smallest absolute Gasteiger partial charge is 0.149 e. The number of ether oxygens (including phenoxy) is 1. The number of hydrogen-bond donors (Lipinski definition) is 1. The van der Waals surface area contributed by atoms with E-state index in [1.54, 1.807) is 18.3 Å². The molecule has 4 nitrogen and oxygen atoms in total. The summed E-state index contributed by atoms with van der Waals surface area (Å²) in [6.45, 7) is 0.384. The summed E-state index contributed by atoms with van der Waals surface area (Å²) >= 11 is 5.77. The van der Waals surface area contributed by atoms with Crippen molar-refractivity contribution in [1.29, 1.82) is 0 Å². The van der Waals surface area contributed by atoms with Crippen LogP contribution in [-0.4, -0.2) is 9.55 Å². The number of anilines is 1. The van der Waals surface area contributed by atoms with Crippen LogP contribution in [0.5, 0.6) is 5.75 Å². The second-order valence-electron chi connectivity index (χ2n) is 3.44. The average Bonchev–Trinajstić information content (AvgIpc) is 2.57. The quantitative estimate of drug-likeness (QED) is 0.891. The van der Waals surface area contributed by atoms with Gasteiger partial charge < -0.3 is 15.0 Å². The largest absolute Gasteiger partial charge is 0.486 e. The summed E-state index contributed by atoms with van der Waals surface area (Å²) in [7, 11) is 1.88. The molecular weight excluding hydrogens is 226 g/mol. The monoisotopic (exact) mass is 237 g/mol. The predicted molar refractivity (Wildman–Crippen MR) is 63.4 cm³/mol. The van der Waals surface area contributed by atoms with Gasteiger partial charge in [-0.25, -0.2) is 4.98 Å². The number of benzene rings is 1. The van der Waals surface area contributed by atoms with Gasteiger partial charge in [0.05, 0.1) is 0 Å². The first-order chi connectivity index (χ1) is 7.65. The number of nitrogens with zero attached hydrogens (tertiary/aromatic N) is 2. The molecule has 2 aromatic rings. The summed E-state index contributed by atoms with van der Waals surface area (Å²) < 4.78 is 7.38. The van der Waals surface area contributed by atoms with E-state index in [1.165, 1.54) is 0 Å². The highest BCUT2D eigenvalue weighted by molar-refractivity contribution is 6.30. The van der Waals surface area contributed by atoms with Gasteiger partial charge in [0.25, 0.3) is 0 Å². The molecule has 0 spiro atoms. The van der Waals surface area contributed by atoms with Crippen LogP contribution in [-0.2, 0) is 13.7 Å². The number of aromatic nitrogens is 2. The molecule has 0 aliphatic rings. The van der Waals surface area contributed by atoms with Crippen LogP contribution >= 0.6 is 11.6 Å². The van der Waals surface area contributed by atoms with Crippen molar-refractivity contribution in [3.05, 3.63) is 41.3 Å². The van der Waals surface area contributed by atoms with E-state index in [2.05, 4.69) is 4.98 Å². The molecule has 0 fully saturated rings. The molecule has 1 aromatic carbocycles. The number of halogens is 1. The second-order valence-corrected chi connectivity index (χ2v) is 3.87. The van der Waals surface area contributed by atoms with Gasteiger partial charge in [-0.05, 0) is 24.3 Å². The lowest BCUT2D eigenvalue weighted by molar-refractivity contribution is 0.292. The van der Waals surface area contributed by atoms with Gasteiger partial charge in [0, 0.05) is 18.3 Å². The third-order valence-electron chi connectivity index (χ3n) is 2.17. The van der Waals surface area contributed by atoms with E-state index in [9.17, 15) is 0 Å². The number of nitrogens with two attached hydrogens (primary N) is 1. The minimum atomic E-state index is 0.384. The first kappa shape index (κ1) is 10.8. The van der Waals surface area contributed by atoms with E-state index in [1.807, 2.05) is 23.7 Å². The van der Waals surface area contributed by atoms with E-state index in [-0.39, 0.29) is 0 Å². The molecule has 0 saturated heterocycles. The zero-order valence-corrected chi connectivity index (χ0v) is 9.61. The highest BCUT2D eigenvalue weighted by Gasteiger charge is 2.03. The molecule has 0 bridgehead atoms. The third kappa shape index (κ3) is 2.46. The van der Waals surface area contributed by atoms with E-state index in [0.29, 0.717) is 17.4 Å². The maximum absolute atomic E-state index is 5.77. The average molecular weight is 238 g/mol. The lowest BCUT2D eigenvalue weighted by atomic mass is 10.3. The summed E-state index contributed by atoms with van der Waals surface area (Å²) in [5, 5.41) is 0.689. The summed E-state index contributed by atoms with van der Waals surface area (Å²) in [4.78, 5) is 4.13. The molecule has 0 radical (unpaired) electrons. The van der Waals surface area contributed by atoms with Crippen molar-refractivity contribution in [2.24, 2.45) is 7.05 Å². The molecule has 0 amide bonds. The lowest BCUT2D eigenvalue weighted by Crippen LogP contribution is -2.02. The molecule has 2 N–H and O–H groups in total. The highest BCUT2D eigenvalue weighted by atomic mass is 35.5. The van der Waals surface area contributed by atoms with E-state index in [4.69, 9.17) is 22.1 Å². The molecule has 0 unspecified atom stereocenters. The van der Waals surface area contributed by atoms with Gasteiger partial charge in [-0.2, -0.15) is 0 Å². The van der Waals surface area contributed by atoms with Gasteiger partial charge in [0.15, 0.2) is 0 Å². The van der Waals surface area contributed by atoms with Crippen molar-refractivity contribution in [3.8, 4) is 5.75 Å². The Labute approximate surface area is 98.6 Å². The van der Waals surface area contributed by atoms with Crippen molar-refractivity contribution in [1.82, 2.24) is 9.55 Å². The molecule has 0 aliphatic carbocycles. The summed E-state index contributed by atoms with van der Waals surface area (Å²) in [6.07, 6.45) is 1.75. The SMILES string of the molecule is Cn1cc(N)nc1COc1ccc(Cl)cc1. The lowest BCUT2D eigenvalue weighted by Gasteiger charge is -2.05. The highest BCUT2D eigenvalue weighted by Crippen LogP contribution is 2.16. The summed E-state index contributed by atoms with van der Waals surface area (Å²) in [5.74, 6) is 2.04.